The van der Waals surface area contributed by atoms with E-state index in [1.54, 1.807) is 0 Å². The van der Waals surface area contributed by atoms with Crippen molar-refractivity contribution < 1.29 is 26.3 Å². The lowest BCUT2D eigenvalue weighted by Crippen LogP contribution is -3.00. The van der Waals surface area contributed by atoms with Gasteiger partial charge in [0.25, 0.3) is 0 Å². The SMILES string of the molecule is CCCCCCCCCCC#CC#CCCCCCCCCC(=O)CCCCn1cc[n+](Cc2ccccc2)c1.[Br-]. The van der Waals surface area contributed by atoms with Crippen molar-refractivity contribution in [1.29, 1.82) is 0 Å². The summed E-state index contributed by atoms with van der Waals surface area (Å²) in [6.07, 6.45) is 29.8. The number of hydrogen-bond acceptors (Lipinski definition) is 1. The zero-order chi connectivity index (χ0) is 28.4. The molecule has 4 heteroatoms. The van der Waals surface area contributed by atoms with E-state index in [1.165, 1.54) is 89.0 Å². The van der Waals surface area contributed by atoms with Crippen LogP contribution in [0.4, 0.5) is 0 Å². The van der Waals surface area contributed by atoms with Crippen LogP contribution in [-0.2, 0) is 17.9 Å². The van der Waals surface area contributed by atoms with Gasteiger partial charge >= 0.3 is 0 Å². The minimum absolute atomic E-state index is 0. The maximum atomic E-state index is 12.2. The fourth-order valence-electron chi connectivity index (χ4n) is 5.00. The van der Waals surface area contributed by atoms with Gasteiger partial charge in [-0.3, -0.25) is 4.79 Å². The van der Waals surface area contributed by atoms with Gasteiger partial charge in [0.15, 0.2) is 0 Å². The van der Waals surface area contributed by atoms with Gasteiger partial charge in [-0.15, -0.1) is 0 Å². The number of unbranched alkanes of at least 4 members (excludes halogenated alkanes) is 15. The molecule has 0 spiro atoms. The molecular formula is C37H55BrN2O. The summed E-state index contributed by atoms with van der Waals surface area (Å²) in [6.45, 7) is 4.15. The molecule has 226 valence electrons. The van der Waals surface area contributed by atoms with Crippen molar-refractivity contribution in [3.05, 3.63) is 54.6 Å². The number of nitrogens with zero attached hydrogens (tertiary/aromatic N) is 2. The Morgan fingerprint density at radius 1 is 0.707 bits per heavy atom. The lowest BCUT2D eigenvalue weighted by molar-refractivity contribution is -0.687. The van der Waals surface area contributed by atoms with Crippen molar-refractivity contribution >= 4 is 5.78 Å². The smallest absolute Gasteiger partial charge is 0.244 e. The number of carbonyl (C=O) groups excluding carboxylic acids is 1. The van der Waals surface area contributed by atoms with Gasteiger partial charge in [0.1, 0.15) is 24.7 Å². The number of aryl methyl sites for hydroxylation is 1. The van der Waals surface area contributed by atoms with Crippen LogP contribution in [0.1, 0.15) is 141 Å². The third kappa shape index (κ3) is 21.1. The quantitative estimate of drug-likeness (QED) is 0.0820. The molecule has 2 aromatic rings. The maximum Gasteiger partial charge on any atom is 0.244 e. The summed E-state index contributed by atoms with van der Waals surface area (Å²) >= 11 is 0. The summed E-state index contributed by atoms with van der Waals surface area (Å²) in [6, 6.07) is 10.5. The zero-order valence-electron chi connectivity index (χ0n) is 25.9. The molecule has 41 heavy (non-hydrogen) atoms. The lowest BCUT2D eigenvalue weighted by atomic mass is 10.0. The summed E-state index contributed by atoms with van der Waals surface area (Å²) in [5, 5.41) is 0. The molecule has 2 rings (SSSR count). The number of hydrogen-bond donors (Lipinski definition) is 0. The highest BCUT2D eigenvalue weighted by Gasteiger charge is 2.06. The van der Waals surface area contributed by atoms with E-state index in [0.717, 1.165) is 58.0 Å². The molecule has 0 fully saturated rings. The fourth-order valence-corrected chi connectivity index (χ4v) is 5.00. The second-order valence-electron chi connectivity index (χ2n) is 11.3. The molecule has 1 aromatic carbocycles. The molecule has 0 radical (unpaired) electrons. The molecule has 0 N–H and O–H groups in total. The van der Waals surface area contributed by atoms with E-state index in [2.05, 4.69) is 88.8 Å². The maximum absolute atomic E-state index is 12.2. The average Bonchev–Trinajstić information content (AvgIpc) is 3.41. The van der Waals surface area contributed by atoms with E-state index in [0.29, 0.717) is 5.78 Å². The molecule has 0 saturated heterocycles. The Labute approximate surface area is 262 Å². The fraction of sp³-hybridized carbons (Fsp3) is 0.622. The van der Waals surface area contributed by atoms with E-state index in [4.69, 9.17) is 0 Å². The number of aromatic nitrogens is 2. The van der Waals surface area contributed by atoms with Crippen LogP contribution in [0, 0.1) is 23.7 Å². The molecule has 0 aliphatic rings. The molecule has 3 nitrogen and oxygen atoms in total. The number of benzene rings is 1. The first-order valence-corrected chi connectivity index (χ1v) is 16.3. The molecule has 0 amide bonds. The Hall–Kier alpha value is -2.30. The molecule has 0 unspecified atom stereocenters. The van der Waals surface area contributed by atoms with Crippen LogP contribution in [0.5, 0.6) is 0 Å². The molecule has 0 aliphatic carbocycles. The lowest BCUT2D eigenvalue weighted by Gasteiger charge is -2.02. The van der Waals surface area contributed by atoms with Crippen LogP contribution in [0.25, 0.3) is 0 Å². The third-order valence-corrected chi connectivity index (χ3v) is 7.48. The topological polar surface area (TPSA) is 25.9 Å². The molecule has 0 atom stereocenters. The van der Waals surface area contributed by atoms with Gasteiger partial charge in [-0.2, -0.15) is 0 Å². The van der Waals surface area contributed by atoms with Crippen LogP contribution in [0.15, 0.2) is 49.1 Å². The largest absolute Gasteiger partial charge is 1.00 e. The second-order valence-corrected chi connectivity index (χ2v) is 11.3. The Bertz CT molecular complexity index is 1020. The number of imidazole rings is 1. The minimum atomic E-state index is 0. The highest BCUT2D eigenvalue weighted by atomic mass is 79.9. The molecule has 0 bridgehead atoms. The summed E-state index contributed by atoms with van der Waals surface area (Å²) in [5.41, 5.74) is 1.31. The standard InChI is InChI=1S/C37H55N2O.BrH/c1-2-3-4-5-6-7-8-9-10-11-12-13-14-15-16-17-18-19-20-24-29-37(40)30-25-26-31-38-32-33-39(35-38)34-36-27-22-21-23-28-36;/h21-23,27-28,32-33,35H,2-10,15-20,24-26,29-31,34H2,1H3;1H/q+1;/p-1. The highest BCUT2D eigenvalue weighted by Crippen LogP contribution is 2.11. The number of ketones is 1. The predicted molar refractivity (Wildman–Crippen MR) is 169 cm³/mol. The Morgan fingerprint density at radius 3 is 1.85 bits per heavy atom. The summed E-state index contributed by atoms with van der Waals surface area (Å²) in [5.74, 6) is 12.9. The van der Waals surface area contributed by atoms with Crippen LogP contribution in [0.2, 0.25) is 0 Å². The monoisotopic (exact) mass is 622 g/mol. The number of Topliss-reactive ketones (excluding diaryl/α,β-unsaturated/α-hetero) is 1. The van der Waals surface area contributed by atoms with E-state index in [1.807, 2.05) is 0 Å². The Kier molecular flexibility index (Phi) is 23.8. The first kappa shape index (κ1) is 36.7. The third-order valence-electron chi connectivity index (χ3n) is 7.48. The van der Waals surface area contributed by atoms with Crippen LogP contribution < -0.4 is 21.5 Å². The van der Waals surface area contributed by atoms with Crippen LogP contribution >= 0.6 is 0 Å². The van der Waals surface area contributed by atoms with Gasteiger partial charge in [0.2, 0.25) is 6.33 Å². The first-order valence-electron chi connectivity index (χ1n) is 16.3. The van der Waals surface area contributed by atoms with Gasteiger partial charge in [0, 0.05) is 25.7 Å². The average molecular weight is 624 g/mol. The van der Waals surface area contributed by atoms with E-state index in [9.17, 15) is 4.79 Å². The molecular weight excluding hydrogens is 568 g/mol. The van der Waals surface area contributed by atoms with Gasteiger partial charge in [-0.1, -0.05) is 120 Å². The number of rotatable bonds is 23. The van der Waals surface area contributed by atoms with Crippen molar-refractivity contribution in [1.82, 2.24) is 4.57 Å². The summed E-state index contributed by atoms with van der Waals surface area (Å²) < 4.78 is 4.44. The Balaban J connectivity index is 0.00000840. The van der Waals surface area contributed by atoms with Crippen molar-refractivity contribution in [3.63, 3.8) is 0 Å². The van der Waals surface area contributed by atoms with Gasteiger partial charge in [0.05, 0.1) is 6.54 Å². The molecule has 0 saturated carbocycles. The minimum Gasteiger partial charge on any atom is -1.00 e. The van der Waals surface area contributed by atoms with Crippen LogP contribution in [-0.4, -0.2) is 10.4 Å². The second kappa shape index (κ2) is 26.6. The Morgan fingerprint density at radius 2 is 1.24 bits per heavy atom. The van der Waals surface area contributed by atoms with Crippen molar-refractivity contribution in [2.45, 2.75) is 148 Å². The number of halogens is 1. The van der Waals surface area contributed by atoms with Gasteiger partial charge in [-0.25, -0.2) is 9.13 Å². The highest BCUT2D eigenvalue weighted by molar-refractivity contribution is 5.78. The van der Waals surface area contributed by atoms with Crippen molar-refractivity contribution in [2.24, 2.45) is 0 Å². The molecule has 1 aromatic heterocycles. The summed E-state index contributed by atoms with van der Waals surface area (Å²) in [4.78, 5) is 12.2. The molecule has 0 aliphatic heterocycles. The predicted octanol–water partition coefficient (Wildman–Crippen LogP) is 6.23. The van der Waals surface area contributed by atoms with Gasteiger partial charge in [-0.05, 0) is 49.5 Å². The number of carbonyl (C=O) groups is 1. The van der Waals surface area contributed by atoms with Crippen molar-refractivity contribution in [2.75, 3.05) is 0 Å². The van der Waals surface area contributed by atoms with E-state index >= 15 is 0 Å². The van der Waals surface area contributed by atoms with Crippen LogP contribution in [0.3, 0.4) is 0 Å². The first-order chi connectivity index (χ1) is 19.8. The van der Waals surface area contributed by atoms with E-state index < -0.39 is 0 Å². The van der Waals surface area contributed by atoms with E-state index in [-0.39, 0.29) is 17.0 Å². The normalized spacial score (nSPS) is 10.3. The van der Waals surface area contributed by atoms with Gasteiger partial charge < -0.3 is 17.0 Å². The summed E-state index contributed by atoms with van der Waals surface area (Å²) in [7, 11) is 0. The zero-order valence-corrected chi connectivity index (χ0v) is 27.4. The molecule has 1 heterocycles. The van der Waals surface area contributed by atoms with Crippen molar-refractivity contribution in [3.8, 4) is 23.7 Å².